The van der Waals surface area contributed by atoms with Crippen LogP contribution in [0.2, 0.25) is 0 Å². The van der Waals surface area contributed by atoms with E-state index in [4.69, 9.17) is 0 Å². The van der Waals surface area contributed by atoms with Crippen molar-refractivity contribution in [2.75, 3.05) is 25.0 Å². The Morgan fingerprint density at radius 2 is 1.84 bits per heavy atom. The van der Waals surface area contributed by atoms with Crippen molar-refractivity contribution in [1.29, 1.82) is 0 Å². The van der Waals surface area contributed by atoms with Crippen LogP contribution in [-0.2, 0) is 12.7 Å². The molecule has 0 radical (unpaired) electrons. The summed E-state index contributed by atoms with van der Waals surface area (Å²) in [6.45, 7) is 5.56. The number of alkyl halides is 3. The highest BCUT2D eigenvalue weighted by Crippen LogP contribution is 2.33. The standard InChI is InChI=1S/C18H21F3N4/c1-12-8-17(23-13(2)22-12)25-10-15(11-25)24(3)9-14-6-4-5-7-16(14)18(19,20)21/h4-8,15H,9-11H2,1-3H3. The minimum atomic E-state index is -4.32. The lowest BCUT2D eigenvalue weighted by Crippen LogP contribution is -2.58. The topological polar surface area (TPSA) is 32.3 Å². The molecule has 0 bridgehead atoms. The van der Waals surface area contributed by atoms with Crippen LogP contribution in [0.15, 0.2) is 30.3 Å². The van der Waals surface area contributed by atoms with Gasteiger partial charge in [-0.05, 0) is 32.5 Å². The molecule has 2 aromatic rings. The lowest BCUT2D eigenvalue weighted by Gasteiger charge is -2.45. The lowest BCUT2D eigenvalue weighted by molar-refractivity contribution is -0.138. The van der Waals surface area contributed by atoms with E-state index in [2.05, 4.69) is 14.9 Å². The van der Waals surface area contributed by atoms with Crippen LogP contribution >= 0.6 is 0 Å². The van der Waals surface area contributed by atoms with Gasteiger partial charge in [0.25, 0.3) is 0 Å². The van der Waals surface area contributed by atoms with Crippen molar-refractivity contribution in [2.24, 2.45) is 0 Å². The van der Waals surface area contributed by atoms with Crippen LogP contribution < -0.4 is 4.90 Å². The Kier molecular flexibility index (Phi) is 4.69. The number of likely N-dealkylation sites (N-methyl/N-ethyl adjacent to an activating group) is 1. The number of halogens is 3. The molecule has 1 aliphatic heterocycles. The molecule has 2 heterocycles. The molecular weight excluding hydrogens is 329 g/mol. The molecule has 3 rings (SSSR count). The fourth-order valence-electron chi connectivity index (χ4n) is 3.11. The first-order valence-electron chi connectivity index (χ1n) is 8.16. The van der Waals surface area contributed by atoms with Crippen molar-refractivity contribution in [3.05, 3.63) is 53.0 Å². The van der Waals surface area contributed by atoms with Crippen molar-refractivity contribution in [3.8, 4) is 0 Å². The number of hydrogen-bond acceptors (Lipinski definition) is 4. The quantitative estimate of drug-likeness (QED) is 0.846. The van der Waals surface area contributed by atoms with Gasteiger partial charge in [0.05, 0.1) is 5.56 Å². The highest BCUT2D eigenvalue weighted by molar-refractivity contribution is 5.43. The summed E-state index contributed by atoms with van der Waals surface area (Å²) in [7, 11) is 1.87. The van der Waals surface area contributed by atoms with E-state index in [1.54, 1.807) is 12.1 Å². The normalized spacial score (nSPS) is 15.6. The minimum absolute atomic E-state index is 0.205. The second-order valence-corrected chi connectivity index (χ2v) is 6.54. The van der Waals surface area contributed by atoms with Gasteiger partial charge >= 0.3 is 6.18 Å². The third-order valence-electron chi connectivity index (χ3n) is 4.50. The monoisotopic (exact) mass is 350 g/mol. The smallest absolute Gasteiger partial charge is 0.353 e. The lowest BCUT2D eigenvalue weighted by atomic mass is 10.0. The third-order valence-corrected chi connectivity index (χ3v) is 4.50. The number of rotatable bonds is 4. The zero-order valence-corrected chi connectivity index (χ0v) is 14.5. The molecule has 1 fully saturated rings. The Labute approximate surface area is 145 Å². The molecule has 25 heavy (non-hydrogen) atoms. The van der Waals surface area contributed by atoms with E-state index in [0.717, 1.165) is 36.5 Å². The first-order chi connectivity index (χ1) is 11.7. The average molecular weight is 350 g/mol. The van der Waals surface area contributed by atoms with Crippen LogP contribution in [0.3, 0.4) is 0 Å². The molecule has 0 amide bonds. The van der Waals surface area contributed by atoms with E-state index in [1.165, 1.54) is 6.07 Å². The van der Waals surface area contributed by atoms with E-state index in [0.29, 0.717) is 5.56 Å². The molecule has 0 spiro atoms. The first kappa shape index (κ1) is 17.7. The second kappa shape index (κ2) is 6.63. The Balaban J connectivity index is 1.64. The van der Waals surface area contributed by atoms with Crippen LogP contribution in [0.25, 0.3) is 0 Å². The Morgan fingerprint density at radius 3 is 2.48 bits per heavy atom. The highest BCUT2D eigenvalue weighted by Gasteiger charge is 2.35. The van der Waals surface area contributed by atoms with Crippen LogP contribution in [0.5, 0.6) is 0 Å². The Bertz CT molecular complexity index is 734. The summed E-state index contributed by atoms with van der Waals surface area (Å²) >= 11 is 0. The summed E-state index contributed by atoms with van der Waals surface area (Å²) in [6.07, 6.45) is -4.32. The van der Waals surface area contributed by atoms with Crippen LogP contribution in [0.4, 0.5) is 19.0 Å². The Morgan fingerprint density at radius 1 is 1.16 bits per heavy atom. The van der Waals surface area contributed by atoms with Crippen molar-refractivity contribution in [2.45, 2.75) is 32.6 Å². The second-order valence-electron chi connectivity index (χ2n) is 6.54. The maximum absolute atomic E-state index is 13.1. The summed E-state index contributed by atoms with van der Waals surface area (Å²) in [4.78, 5) is 12.8. The van der Waals surface area contributed by atoms with Gasteiger partial charge in [-0.1, -0.05) is 18.2 Å². The van der Waals surface area contributed by atoms with Gasteiger partial charge in [-0.25, -0.2) is 9.97 Å². The predicted octanol–water partition coefficient (Wildman–Crippen LogP) is 3.43. The first-order valence-corrected chi connectivity index (χ1v) is 8.16. The number of aryl methyl sites for hydroxylation is 2. The molecule has 1 aromatic carbocycles. The van der Waals surface area contributed by atoms with Gasteiger partial charge in [-0.15, -0.1) is 0 Å². The minimum Gasteiger partial charge on any atom is -0.353 e. The third kappa shape index (κ3) is 3.92. The number of nitrogens with zero attached hydrogens (tertiary/aromatic N) is 4. The van der Waals surface area contributed by atoms with Crippen LogP contribution in [-0.4, -0.2) is 41.0 Å². The molecule has 0 aliphatic carbocycles. The summed E-state index contributed by atoms with van der Waals surface area (Å²) < 4.78 is 39.3. The van der Waals surface area contributed by atoms with E-state index < -0.39 is 11.7 Å². The van der Waals surface area contributed by atoms with Crippen molar-refractivity contribution >= 4 is 5.82 Å². The molecule has 1 aromatic heterocycles. The van der Waals surface area contributed by atoms with E-state index in [1.807, 2.05) is 31.9 Å². The van der Waals surface area contributed by atoms with Crippen LogP contribution in [0, 0.1) is 13.8 Å². The number of aromatic nitrogens is 2. The molecule has 1 aliphatic rings. The zero-order valence-electron chi connectivity index (χ0n) is 14.5. The van der Waals surface area contributed by atoms with E-state index in [-0.39, 0.29) is 12.6 Å². The summed E-state index contributed by atoms with van der Waals surface area (Å²) in [5, 5.41) is 0. The highest BCUT2D eigenvalue weighted by atomic mass is 19.4. The van der Waals surface area contributed by atoms with E-state index in [9.17, 15) is 13.2 Å². The zero-order chi connectivity index (χ0) is 18.2. The molecule has 0 saturated carbocycles. The molecule has 134 valence electrons. The van der Waals surface area contributed by atoms with Gasteiger partial charge < -0.3 is 4.90 Å². The maximum Gasteiger partial charge on any atom is 0.416 e. The van der Waals surface area contributed by atoms with Gasteiger partial charge in [0, 0.05) is 37.4 Å². The van der Waals surface area contributed by atoms with Gasteiger partial charge in [0.2, 0.25) is 0 Å². The number of benzene rings is 1. The molecule has 1 saturated heterocycles. The van der Waals surface area contributed by atoms with Gasteiger partial charge in [-0.2, -0.15) is 13.2 Å². The number of anilines is 1. The maximum atomic E-state index is 13.1. The fourth-order valence-corrected chi connectivity index (χ4v) is 3.11. The van der Waals surface area contributed by atoms with Crippen LogP contribution in [0.1, 0.15) is 22.6 Å². The van der Waals surface area contributed by atoms with Crippen molar-refractivity contribution in [3.63, 3.8) is 0 Å². The van der Waals surface area contributed by atoms with Crippen molar-refractivity contribution in [1.82, 2.24) is 14.9 Å². The largest absolute Gasteiger partial charge is 0.416 e. The van der Waals surface area contributed by atoms with Crippen molar-refractivity contribution < 1.29 is 13.2 Å². The van der Waals surface area contributed by atoms with Gasteiger partial charge in [0.15, 0.2) is 0 Å². The summed E-state index contributed by atoms with van der Waals surface area (Å²) in [5.41, 5.74) is 0.670. The van der Waals surface area contributed by atoms with Gasteiger partial charge in [0.1, 0.15) is 11.6 Å². The molecule has 0 atom stereocenters. The molecule has 0 N–H and O–H groups in total. The fraction of sp³-hybridized carbons (Fsp3) is 0.444. The number of hydrogen-bond donors (Lipinski definition) is 0. The predicted molar refractivity (Wildman–Crippen MR) is 90.4 cm³/mol. The molecule has 4 nitrogen and oxygen atoms in total. The molecular formula is C18H21F3N4. The van der Waals surface area contributed by atoms with E-state index >= 15 is 0 Å². The summed E-state index contributed by atoms with van der Waals surface area (Å²) in [5.74, 6) is 1.61. The average Bonchev–Trinajstić information content (AvgIpc) is 2.44. The Hall–Kier alpha value is -2.15. The van der Waals surface area contributed by atoms with Gasteiger partial charge in [-0.3, -0.25) is 4.90 Å². The SMILES string of the molecule is Cc1cc(N2CC(N(C)Cc3ccccc3C(F)(F)F)C2)nc(C)n1. The summed E-state index contributed by atoms with van der Waals surface area (Å²) in [6, 6.07) is 7.91. The molecule has 7 heteroatoms. The molecule has 0 unspecified atom stereocenters.